The first-order valence-corrected chi connectivity index (χ1v) is 13.5. The third-order valence-corrected chi connectivity index (χ3v) is 8.94. The molecule has 2 heterocycles. The molecule has 8 nitrogen and oxygen atoms in total. The molecule has 4 rings (SSSR count). The second-order valence-electron chi connectivity index (χ2n) is 9.28. The molecule has 0 radical (unpaired) electrons. The molecule has 2 saturated heterocycles. The van der Waals surface area contributed by atoms with E-state index < -0.39 is 10.0 Å². The van der Waals surface area contributed by atoms with Crippen LogP contribution in [0.5, 0.6) is 11.5 Å². The lowest BCUT2D eigenvalue weighted by Gasteiger charge is -2.45. The zero-order valence-electron chi connectivity index (χ0n) is 20.4. The Morgan fingerprint density at radius 3 is 2.54 bits per heavy atom. The summed E-state index contributed by atoms with van der Waals surface area (Å²) in [6.07, 6.45) is 3.26. The Kier molecular flexibility index (Phi) is 7.98. The van der Waals surface area contributed by atoms with Crippen LogP contribution < -0.4 is 14.8 Å². The highest BCUT2D eigenvalue weighted by Crippen LogP contribution is 2.40. The number of methoxy groups -OCH3 is 2. The van der Waals surface area contributed by atoms with Crippen LogP contribution in [0.1, 0.15) is 37.7 Å². The second kappa shape index (κ2) is 11.0. The molecule has 0 saturated carbocycles. The first kappa shape index (κ1) is 25.5. The molecule has 2 aliphatic heterocycles. The zero-order chi connectivity index (χ0) is 24.9. The minimum absolute atomic E-state index is 0.0426. The number of carbonyl (C=O) groups excluding carboxylic acids is 1. The van der Waals surface area contributed by atoms with Crippen molar-refractivity contribution >= 4 is 15.9 Å². The summed E-state index contributed by atoms with van der Waals surface area (Å²) < 4.78 is 45.0. The fraction of sp³-hybridized carbons (Fsp3) is 0.500. The number of hydrogen-bond acceptors (Lipinski definition) is 6. The summed E-state index contributed by atoms with van der Waals surface area (Å²) >= 11 is 0. The minimum atomic E-state index is -3.75. The molecule has 1 N–H and O–H groups in total. The van der Waals surface area contributed by atoms with Crippen molar-refractivity contribution in [2.45, 2.75) is 49.1 Å². The lowest BCUT2D eigenvalue weighted by molar-refractivity contribution is -0.132. The van der Waals surface area contributed by atoms with E-state index in [0.717, 1.165) is 18.4 Å². The summed E-state index contributed by atoms with van der Waals surface area (Å²) in [4.78, 5) is 12.7. The van der Waals surface area contributed by atoms with E-state index in [-0.39, 0.29) is 22.3 Å². The standard InChI is InChI=1S/C26H34N2O6S/c1-32-22-8-9-23(33-2)24(17-22)35(30,31)28-13-11-26(12-14-28)18-21(10-15-34-26)16-25(29)27-19-20-6-4-3-5-7-20/h3-9,17,21H,10-16,18-19H2,1-2H3,(H,27,29). The molecule has 2 aromatic rings. The fourth-order valence-electron chi connectivity index (χ4n) is 5.04. The van der Waals surface area contributed by atoms with E-state index in [1.165, 1.54) is 24.6 Å². The normalized spacial score (nSPS) is 20.3. The number of carbonyl (C=O) groups is 1. The first-order valence-electron chi connectivity index (χ1n) is 12.0. The van der Waals surface area contributed by atoms with Gasteiger partial charge in [0.1, 0.15) is 16.4 Å². The van der Waals surface area contributed by atoms with Crippen molar-refractivity contribution in [1.82, 2.24) is 9.62 Å². The molecule has 2 fully saturated rings. The Labute approximate surface area is 207 Å². The molecular weight excluding hydrogens is 468 g/mol. The van der Waals surface area contributed by atoms with Gasteiger partial charge in [-0.25, -0.2) is 8.42 Å². The molecule has 0 bridgehead atoms. The van der Waals surface area contributed by atoms with Crippen molar-refractivity contribution < 1.29 is 27.4 Å². The number of ether oxygens (including phenoxy) is 3. The Morgan fingerprint density at radius 2 is 1.86 bits per heavy atom. The summed E-state index contributed by atoms with van der Waals surface area (Å²) in [7, 11) is -0.792. The molecule has 190 valence electrons. The number of nitrogens with one attached hydrogen (secondary N) is 1. The van der Waals surface area contributed by atoms with Crippen LogP contribution in [0, 0.1) is 5.92 Å². The van der Waals surface area contributed by atoms with Crippen LogP contribution in [0.2, 0.25) is 0 Å². The van der Waals surface area contributed by atoms with Gasteiger partial charge in [-0.3, -0.25) is 4.79 Å². The van der Waals surface area contributed by atoms with Gasteiger partial charge in [0, 0.05) is 38.7 Å². The average molecular weight is 503 g/mol. The van der Waals surface area contributed by atoms with Gasteiger partial charge < -0.3 is 19.5 Å². The van der Waals surface area contributed by atoms with Crippen molar-refractivity contribution in [3.8, 4) is 11.5 Å². The molecule has 35 heavy (non-hydrogen) atoms. The number of nitrogens with zero attached hydrogens (tertiary/aromatic N) is 1. The number of amides is 1. The van der Waals surface area contributed by atoms with Crippen LogP contribution in [0.15, 0.2) is 53.4 Å². The summed E-state index contributed by atoms with van der Waals surface area (Å²) in [5, 5.41) is 3.01. The van der Waals surface area contributed by atoms with Crippen molar-refractivity contribution in [3.63, 3.8) is 0 Å². The molecule has 1 unspecified atom stereocenters. The van der Waals surface area contributed by atoms with Gasteiger partial charge in [-0.2, -0.15) is 4.31 Å². The summed E-state index contributed by atoms with van der Waals surface area (Å²) in [5.41, 5.74) is 0.693. The van der Waals surface area contributed by atoms with Crippen LogP contribution in [-0.4, -0.2) is 58.1 Å². The molecule has 1 amide bonds. The number of benzene rings is 2. The number of rotatable bonds is 8. The van der Waals surface area contributed by atoms with Crippen molar-refractivity contribution in [3.05, 3.63) is 54.1 Å². The minimum Gasteiger partial charge on any atom is -0.497 e. The lowest BCUT2D eigenvalue weighted by atomic mass is 9.78. The summed E-state index contributed by atoms with van der Waals surface area (Å²) in [6, 6.07) is 14.6. The third kappa shape index (κ3) is 5.97. The van der Waals surface area contributed by atoms with Crippen LogP contribution in [0.4, 0.5) is 0 Å². The highest BCUT2D eigenvalue weighted by molar-refractivity contribution is 7.89. The van der Waals surface area contributed by atoms with Gasteiger partial charge >= 0.3 is 0 Å². The molecule has 2 aliphatic rings. The predicted octanol–water partition coefficient (Wildman–Crippen LogP) is 3.36. The summed E-state index contributed by atoms with van der Waals surface area (Å²) in [5.74, 6) is 1.02. The molecular formula is C26H34N2O6S. The van der Waals surface area contributed by atoms with Gasteiger partial charge in [0.15, 0.2) is 0 Å². The molecule has 2 aromatic carbocycles. The topological polar surface area (TPSA) is 94.2 Å². The van der Waals surface area contributed by atoms with Crippen molar-refractivity contribution in [2.24, 2.45) is 5.92 Å². The van der Waals surface area contributed by atoms with Gasteiger partial charge in [-0.1, -0.05) is 30.3 Å². The Hall–Kier alpha value is -2.62. The molecule has 9 heteroatoms. The van der Waals surface area contributed by atoms with Gasteiger partial charge in [-0.05, 0) is 49.3 Å². The van der Waals surface area contributed by atoms with Crippen LogP contribution in [-0.2, 0) is 26.1 Å². The van der Waals surface area contributed by atoms with Crippen molar-refractivity contribution in [1.29, 1.82) is 0 Å². The maximum atomic E-state index is 13.4. The van der Waals surface area contributed by atoms with Gasteiger partial charge in [0.05, 0.1) is 19.8 Å². The van der Waals surface area contributed by atoms with Crippen LogP contribution in [0.25, 0.3) is 0 Å². The smallest absolute Gasteiger partial charge is 0.246 e. The molecule has 1 spiro atoms. The van der Waals surface area contributed by atoms with Gasteiger partial charge in [0.2, 0.25) is 15.9 Å². The van der Waals surface area contributed by atoms with Gasteiger partial charge in [-0.15, -0.1) is 0 Å². The Bertz CT molecular complexity index is 1110. The first-order chi connectivity index (χ1) is 16.8. The van der Waals surface area contributed by atoms with Gasteiger partial charge in [0.25, 0.3) is 0 Å². The maximum absolute atomic E-state index is 13.4. The van der Waals surface area contributed by atoms with E-state index in [1.807, 2.05) is 30.3 Å². The Morgan fingerprint density at radius 1 is 1.11 bits per heavy atom. The van der Waals surface area contributed by atoms with E-state index in [9.17, 15) is 13.2 Å². The largest absolute Gasteiger partial charge is 0.497 e. The highest BCUT2D eigenvalue weighted by Gasteiger charge is 2.43. The van der Waals surface area contributed by atoms with E-state index in [4.69, 9.17) is 14.2 Å². The summed E-state index contributed by atoms with van der Waals surface area (Å²) in [6.45, 7) is 1.83. The number of hydrogen-bond donors (Lipinski definition) is 1. The highest BCUT2D eigenvalue weighted by atomic mass is 32.2. The molecule has 1 atom stereocenters. The fourth-order valence-corrected chi connectivity index (χ4v) is 6.65. The van der Waals surface area contributed by atoms with E-state index in [2.05, 4.69) is 5.32 Å². The quantitative estimate of drug-likeness (QED) is 0.595. The maximum Gasteiger partial charge on any atom is 0.246 e. The van der Waals surface area contributed by atoms with E-state index >= 15 is 0 Å². The predicted molar refractivity (Wildman–Crippen MR) is 132 cm³/mol. The monoisotopic (exact) mass is 502 g/mol. The SMILES string of the molecule is COc1ccc(OC)c(S(=O)(=O)N2CCC3(CC2)CC(CC(=O)NCc2ccccc2)CCO3)c1. The van der Waals surface area contributed by atoms with E-state index in [0.29, 0.717) is 57.0 Å². The number of piperidine rings is 1. The van der Waals surface area contributed by atoms with Crippen molar-refractivity contribution in [2.75, 3.05) is 33.9 Å². The lowest BCUT2D eigenvalue weighted by Crippen LogP contribution is -2.51. The second-order valence-corrected chi connectivity index (χ2v) is 11.2. The van der Waals surface area contributed by atoms with Crippen LogP contribution >= 0.6 is 0 Å². The molecule has 0 aliphatic carbocycles. The zero-order valence-corrected chi connectivity index (χ0v) is 21.2. The number of sulfonamides is 1. The Balaban J connectivity index is 1.35. The van der Waals surface area contributed by atoms with E-state index in [1.54, 1.807) is 12.1 Å². The third-order valence-electron chi connectivity index (χ3n) is 7.02. The molecule has 0 aromatic heterocycles. The van der Waals surface area contributed by atoms with Crippen LogP contribution in [0.3, 0.4) is 0 Å². The average Bonchev–Trinajstić information content (AvgIpc) is 2.88.